The van der Waals surface area contributed by atoms with Gasteiger partial charge in [0.25, 0.3) is 5.91 Å². The fraction of sp³-hybridized carbons (Fsp3) is 0.0800. The van der Waals surface area contributed by atoms with Crippen LogP contribution in [0, 0.1) is 17.5 Å². The fourth-order valence-electron chi connectivity index (χ4n) is 3.32. The molecule has 34 heavy (non-hydrogen) atoms. The average Bonchev–Trinajstić information content (AvgIpc) is 2.83. The Hall–Kier alpha value is -4.24. The van der Waals surface area contributed by atoms with Crippen molar-refractivity contribution < 1.29 is 32.6 Å². The third-order valence-corrected chi connectivity index (χ3v) is 4.90. The van der Waals surface area contributed by atoms with Crippen LogP contribution in [0.5, 0.6) is 5.75 Å². The van der Waals surface area contributed by atoms with Crippen LogP contribution < -0.4 is 10.1 Å². The predicted octanol–water partition coefficient (Wildman–Crippen LogP) is 4.51. The summed E-state index contributed by atoms with van der Waals surface area (Å²) in [5, 5.41) is 11.6. The Morgan fingerprint density at radius 3 is 2.53 bits per heavy atom. The highest BCUT2D eigenvalue weighted by Crippen LogP contribution is 2.26. The maximum absolute atomic E-state index is 15.1. The van der Waals surface area contributed by atoms with Crippen molar-refractivity contribution in [3.05, 3.63) is 101 Å². The fourth-order valence-corrected chi connectivity index (χ4v) is 3.32. The molecule has 3 aromatic carbocycles. The number of halogens is 3. The number of ketones is 1. The Balaban J connectivity index is 1.66. The molecule has 172 valence electrons. The third-order valence-electron chi connectivity index (χ3n) is 4.90. The second kappa shape index (κ2) is 9.72. The zero-order chi connectivity index (χ0) is 24.2. The molecule has 0 atom stereocenters. The number of carbonyl (C=O) groups excluding carboxylic acids is 2. The summed E-state index contributed by atoms with van der Waals surface area (Å²) in [6, 6.07) is 12.2. The van der Waals surface area contributed by atoms with Gasteiger partial charge in [0.1, 0.15) is 24.0 Å². The van der Waals surface area contributed by atoms with Crippen LogP contribution in [0.4, 0.5) is 18.9 Å². The van der Waals surface area contributed by atoms with Crippen molar-refractivity contribution in [2.75, 3.05) is 18.5 Å². The summed E-state index contributed by atoms with van der Waals surface area (Å²) >= 11 is 0. The quantitative estimate of drug-likeness (QED) is 0.392. The molecule has 0 fully saturated rings. The summed E-state index contributed by atoms with van der Waals surface area (Å²) < 4.78 is 48.1. The van der Waals surface area contributed by atoms with Gasteiger partial charge < -0.3 is 15.2 Å². The number of rotatable bonds is 7. The number of hydrogen-bond acceptors (Lipinski definition) is 5. The molecule has 0 spiro atoms. The number of aliphatic hydroxyl groups is 1. The maximum Gasteiger partial charge on any atom is 0.255 e. The Morgan fingerprint density at radius 1 is 0.941 bits per heavy atom. The molecule has 0 unspecified atom stereocenters. The molecule has 0 radical (unpaired) electrons. The van der Waals surface area contributed by atoms with E-state index in [2.05, 4.69) is 10.3 Å². The summed E-state index contributed by atoms with van der Waals surface area (Å²) in [6.45, 7) is -0.127. The number of hydrogen-bond donors (Lipinski definition) is 2. The Labute approximate surface area is 191 Å². The molecule has 1 amide bonds. The largest absolute Gasteiger partial charge is 0.490 e. The highest BCUT2D eigenvalue weighted by Gasteiger charge is 2.21. The lowest BCUT2D eigenvalue weighted by molar-refractivity contribution is 0.101. The van der Waals surface area contributed by atoms with Crippen LogP contribution in [-0.2, 0) is 0 Å². The Bertz CT molecular complexity index is 1410. The lowest BCUT2D eigenvalue weighted by atomic mass is 10.00. The molecular weight excluding hydrogens is 449 g/mol. The SMILES string of the molecule is O=C(Nc1cc(F)cc(C(=O)c2ccc3ncc(OCCO)cc3c2)c1F)c1cccc(F)c1. The Morgan fingerprint density at radius 2 is 1.76 bits per heavy atom. The zero-order valence-corrected chi connectivity index (χ0v) is 17.5. The first kappa shape index (κ1) is 22.9. The normalized spacial score (nSPS) is 10.8. The first-order chi connectivity index (χ1) is 16.4. The molecule has 0 saturated carbocycles. The number of anilines is 1. The van der Waals surface area contributed by atoms with Gasteiger partial charge in [-0.05, 0) is 48.5 Å². The molecule has 0 aliphatic heterocycles. The monoisotopic (exact) mass is 466 g/mol. The van der Waals surface area contributed by atoms with Crippen molar-refractivity contribution in [1.29, 1.82) is 0 Å². The van der Waals surface area contributed by atoms with Crippen molar-refractivity contribution in [2.24, 2.45) is 0 Å². The van der Waals surface area contributed by atoms with Crippen LogP contribution in [0.3, 0.4) is 0 Å². The van der Waals surface area contributed by atoms with E-state index >= 15 is 4.39 Å². The minimum absolute atomic E-state index is 0.0560. The molecular formula is C25H17F3N2O4. The van der Waals surface area contributed by atoms with E-state index < -0.39 is 40.4 Å². The molecule has 4 rings (SSSR count). The Kier molecular flexibility index (Phi) is 6.55. The standard InChI is InChI=1S/C25H17F3N2O4/c26-17-3-1-2-15(9-17)25(33)30-22-12-18(27)11-20(23(22)28)24(32)14-4-5-21-16(8-14)10-19(13-29-21)34-7-6-31/h1-5,8-13,31H,6-7H2,(H,30,33). The number of nitrogens with one attached hydrogen (secondary N) is 1. The maximum atomic E-state index is 15.1. The topological polar surface area (TPSA) is 88.5 Å². The van der Waals surface area contributed by atoms with Gasteiger partial charge in [-0.15, -0.1) is 0 Å². The number of aromatic nitrogens is 1. The van der Waals surface area contributed by atoms with Crippen LogP contribution in [0.1, 0.15) is 26.3 Å². The van der Waals surface area contributed by atoms with Crippen LogP contribution >= 0.6 is 0 Å². The second-order valence-corrected chi connectivity index (χ2v) is 7.26. The lowest BCUT2D eigenvalue weighted by Crippen LogP contribution is -2.15. The van der Waals surface area contributed by atoms with E-state index in [0.717, 1.165) is 24.3 Å². The average molecular weight is 466 g/mol. The van der Waals surface area contributed by atoms with E-state index in [-0.39, 0.29) is 24.3 Å². The number of benzene rings is 3. The van der Waals surface area contributed by atoms with Gasteiger partial charge in [0.05, 0.1) is 29.6 Å². The molecule has 0 bridgehead atoms. The summed E-state index contributed by atoms with van der Waals surface area (Å²) in [5.41, 5.74) is -0.650. The first-order valence-corrected chi connectivity index (χ1v) is 10.1. The molecule has 0 aliphatic carbocycles. The zero-order valence-electron chi connectivity index (χ0n) is 17.5. The van der Waals surface area contributed by atoms with Crippen molar-refractivity contribution >= 4 is 28.3 Å². The number of fused-ring (bicyclic) bond motifs is 1. The smallest absolute Gasteiger partial charge is 0.255 e. The summed E-state index contributed by atoms with van der Waals surface area (Å²) in [5.74, 6) is -4.06. The summed E-state index contributed by atoms with van der Waals surface area (Å²) in [6.07, 6.45) is 1.46. The van der Waals surface area contributed by atoms with Gasteiger partial charge in [0.15, 0.2) is 11.6 Å². The first-order valence-electron chi connectivity index (χ1n) is 10.1. The number of nitrogens with zero attached hydrogens (tertiary/aromatic N) is 1. The van der Waals surface area contributed by atoms with E-state index in [1.807, 2.05) is 0 Å². The van der Waals surface area contributed by atoms with E-state index in [1.54, 1.807) is 12.1 Å². The van der Waals surface area contributed by atoms with E-state index in [4.69, 9.17) is 9.84 Å². The van der Waals surface area contributed by atoms with Gasteiger partial charge in [-0.2, -0.15) is 0 Å². The molecule has 2 N–H and O–H groups in total. The number of carbonyl (C=O) groups is 2. The van der Waals surface area contributed by atoms with Crippen LogP contribution in [0.2, 0.25) is 0 Å². The van der Waals surface area contributed by atoms with Crippen molar-refractivity contribution in [1.82, 2.24) is 4.98 Å². The minimum Gasteiger partial charge on any atom is -0.490 e. The van der Waals surface area contributed by atoms with Gasteiger partial charge in [-0.25, -0.2) is 13.2 Å². The van der Waals surface area contributed by atoms with Gasteiger partial charge in [0, 0.05) is 22.6 Å². The molecule has 0 saturated heterocycles. The van der Waals surface area contributed by atoms with Crippen molar-refractivity contribution in [2.45, 2.75) is 0 Å². The predicted molar refractivity (Wildman–Crippen MR) is 118 cm³/mol. The van der Waals surface area contributed by atoms with Crippen molar-refractivity contribution in [3.63, 3.8) is 0 Å². The number of amides is 1. The molecule has 6 nitrogen and oxygen atoms in total. The highest BCUT2D eigenvalue weighted by molar-refractivity contribution is 6.12. The number of pyridine rings is 1. The number of ether oxygens (including phenoxy) is 1. The van der Waals surface area contributed by atoms with E-state index in [0.29, 0.717) is 16.7 Å². The number of aliphatic hydroxyl groups excluding tert-OH is 1. The van der Waals surface area contributed by atoms with Crippen LogP contribution in [0.15, 0.2) is 66.9 Å². The van der Waals surface area contributed by atoms with Gasteiger partial charge >= 0.3 is 0 Å². The van der Waals surface area contributed by atoms with E-state index in [1.165, 1.54) is 30.5 Å². The third kappa shape index (κ3) is 4.89. The molecule has 4 aromatic rings. The van der Waals surface area contributed by atoms with Gasteiger partial charge in [-0.1, -0.05) is 6.07 Å². The summed E-state index contributed by atoms with van der Waals surface area (Å²) in [7, 11) is 0. The van der Waals surface area contributed by atoms with Crippen LogP contribution in [-0.4, -0.2) is 35.0 Å². The van der Waals surface area contributed by atoms with Gasteiger partial charge in [0.2, 0.25) is 0 Å². The van der Waals surface area contributed by atoms with Gasteiger partial charge in [-0.3, -0.25) is 14.6 Å². The molecule has 9 heteroatoms. The lowest BCUT2D eigenvalue weighted by Gasteiger charge is -2.11. The highest BCUT2D eigenvalue weighted by atomic mass is 19.1. The molecule has 0 aliphatic rings. The molecule has 1 heterocycles. The van der Waals surface area contributed by atoms with E-state index in [9.17, 15) is 18.4 Å². The summed E-state index contributed by atoms with van der Waals surface area (Å²) in [4.78, 5) is 29.6. The van der Waals surface area contributed by atoms with Crippen LogP contribution in [0.25, 0.3) is 10.9 Å². The second-order valence-electron chi connectivity index (χ2n) is 7.26. The van der Waals surface area contributed by atoms with Crippen molar-refractivity contribution in [3.8, 4) is 5.75 Å². The minimum atomic E-state index is -1.13. The molecule has 1 aromatic heterocycles.